The van der Waals surface area contributed by atoms with E-state index in [2.05, 4.69) is 16.0 Å². The molecular formula is C24H28N6O4S. The van der Waals surface area contributed by atoms with Gasteiger partial charge >= 0.3 is 6.03 Å². The number of thioether (sulfide) groups is 1. The summed E-state index contributed by atoms with van der Waals surface area (Å²) in [6.07, 6.45) is -0.842. The molecule has 2 aliphatic rings. The van der Waals surface area contributed by atoms with Crippen molar-refractivity contribution in [2.24, 2.45) is 11.7 Å². The van der Waals surface area contributed by atoms with Crippen molar-refractivity contribution in [3.8, 4) is 0 Å². The Balaban J connectivity index is 1.50. The van der Waals surface area contributed by atoms with Crippen LogP contribution in [0, 0.1) is 12.8 Å². The number of imide groups is 1. The van der Waals surface area contributed by atoms with E-state index in [1.165, 1.54) is 23.7 Å². The third-order valence-corrected chi connectivity index (χ3v) is 7.43. The molecule has 2 fully saturated rings. The summed E-state index contributed by atoms with van der Waals surface area (Å²) < 4.78 is 0. The van der Waals surface area contributed by atoms with E-state index in [9.17, 15) is 19.2 Å². The van der Waals surface area contributed by atoms with Gasteiger partial charge in [-0.2, -0.15) is 0 Å². The largest absolute Gasteiger partial charge is 0.366 e. The molecule has 0 radical (unpaired) electrons. The Kier molecular flexibility index (Phi) is 7.10. The number of nitrogens with two attached hydrogens (primary N) is 1. The number of rotatable bonds is 6. The summed E-state index contributed by atoms with van der Waals surface area (Å²) in [4.78, 5) is 52.2. The number of hydrogen-bond donors (Lipinski definition) is 4. The first-order valence-corrected chi connectivity index (χ1v) is 12.1. The van der Waals surface area contributed by atoms with Gasteiger partial charge in [0.25, 0.3) is 0 Å². The molecule has 2 heterocycles. The smallest absolute Gasteiger partial charge is 0.327 e. The van der Waals surface area contributed by atoms with Crippen LogP contribution in [-0.4, -0.2) is 64.9 Å². The minimum Gasteiger partial charge on any atom is -0.366 e. The van der Waals surface area contributed by atoms with Gasteiger partial charge < -0.3 is 16.0 Å². The van der Waals surface area contributed by atoms with Crippen molar-refractivity contribution in [2.75, 3.05) is 25.2 Å². The predicted molar refractivity (Wildman–Crippen MR) is 133 cm³/mol. The number of nitrogens with one attached hydrogen (secondary N) is 3. The van der Waals surface area contributed by atoms with E-state index in [1.807, 2.05) is 31.2 Å². The fraction of sp³-hybridized carbons (Fsp3) is 0.333. The second-order valence-electron chi connectivity index (χ2n) is 8.66. The van der Waals surface area contributed by atoms with Crippen molar-refractivity contribution < 1.29 is 19.2 Å². The molecule has 0 bridgehead atoms. The Morgan fingerprint density at radius 2 is 1.69 bits per heavy atom. The van der Waals surface area contributed by atoms with Crippen LogP contribution in [0.25, 0.3) is 0 Å². The van der Waals surface area contributed by atoms with E-state index in [1.54, 1.807) is 31.3 Å². The number of primary amides is 1. The summed E-state index contributed by atoms with van der Waals surface area (Å²) in [5.41, 5.74) is 8.22. The second-order valence-corrected chi connectivity index (χ2v) is 9.79. The van der Waals surface area contributed by atoms with Gasteiger partial charge in [0, 0.05) is 25.3 Å². The molecule has 11 heteroatoms. The summed E-state index contributed by atoms with van der Waals surface area (Å²) in [5.74, 6) is -1.61. The molecule has 4 rings (SSSR count). The molecule has 2 aliphatic heterocycles. The first kappa shape index (κ1) is 24.7. The lowest BCUT2D eigenvalue weighted by molar-refractivity contribution is -0.140. The number of urea groups is 1. The van der Waals surface area contributed by atoms with Crippen LogP contribution in [0.5, 0.6) is 0 Å². The maximum absolute atomic E-state index is 13.1. The lowest BCUT2D eigenvalue weighted by Gasteiger charge is -2.50. The van der Waals surface area contributed by atoms with E-state index in [-0.39, 0.29) is 29.8 Å². The highest BCUT2D eigenvalue weighted by Gasteiger charge is 2.51. The van der Waals surface area contributed by atoms with Crippen molar-refractivity contribution in [2.45, 2.75) is 24.6 Å². The fourth-order valence-corrected chi connectivity index (χ4v) is 5.34. The maximum Gasteiger partial charge on any atom is 0.327 e. The maximum atomic E-state index is 13.1. The second kappa shape index (κ2) is 10.1. The summed E-state index contributed by atoms with van der Waals surface area (Å²) in [5, 5.41) is 9.20. The van der Waals surface area contributed by atoms with Crippen LogP contribution in [0.3, 0.4) is 0 Å². The summed E-state index contributed by atoms with van der Waals surface area (Å²) >= 11 is 1.31. The molecule has 2 aromatic rings. The van der Waals surface area contributed by atoms with Gasteiger partial charge in [-0.3, -0.25) is 29.9 Å². The molecule has 184 valence electrons. The van der Waals surface area contributed by atoms with Crippen LogP contribution in [0.15, 0.2) is 48.5 Å². The van der Waals surface area contributed by atoms with Crippen LogP contribution in [0.2, 0.25) is 0 Å². The number of carbonyl (C=O) groups is 4. The quantitative estimate of drug-likeness (QED) is 0.475. The first-order chi connectivity index (χ1) is 16.7. The van der Waals surface area contributed by atoms with E-state index in [4.69, 9.17) is 5.73 Å². The summed E-state index contributed by atoms with van der Waals surface area (Å²) in [7, 11) is 3.13. The van der Waals surface area contributed by atoms with Crippen LogP contribution in [0.1, 0.15) is 27.7 Å². The van der Waals surface area contributed by atoms with Gasteiger partial charge in [0.2, 0.25) is 17.7 Å². The topological polar surface area (TPSA) is 137 Å². The Labute approximate surface area is 207 Å². The van der Waals surface area contributed by atoms with Gasteiger partial charge in [0.05, 0.1) is 29.4 Å². The lowest BCUT2D eigenvalue weighted by atomic mass is 9.96. The molecule has 4 unspecified atom stereocenters. The number of hydrogen-bond acceptors (Lipinski definition) is 7. The zero-order valence-corrected chi connectivity index (χ0v) is 20.5. The van der Waals surface area contributed by atoms with E-state index >= 15 is 0 Å². The summed E-state index contributed by atoms with van der Waals surface area (Å²) in [6.45, 7) is 2.00. The Hall–Kier alpha value is -3.41. The Morgan fingerprint density at radius 1 is 1.03 bits per heavy atom. The number of carbonyl (C=O) groups excluding carboxylic acids is 4. The number of nitrogens with zero attached hydrogens (tertiary/aromatic N) is 2. The monoisotopic (exact) mass is 496 g/mol. The third-order valence-electron chi connectivity index (χ3n) is 6.21. The first-order valence-electron chi connectivity index (χ1n) is 11.1. The van der Waals surface area contributed by atoms with Crippen molar-refractivity contribution >= 4 is 41.2 Å². The SMILES string of the molecule is Cc1ccc(C2NC(SCC(=O)Nc3ccc(C(N)=O)cc3)C3C(=O)N(C)C(=O)N(C)C3N2)cc1. The molecule has 10 nitrogen and oxygen atoms in total. The minimum atomic E-state index is -0.586. The Morgan fingerprint density at radius 3 is 2.31 bits per heavy atom. The molecule has 5 N–H and O–H groups in total. The van der Waals surface area contributed by atoms with Gasteiger partial charge in [0.1, 0.15) is 0 Å². The van der Waals surface area contributed by atoms with Crippen molar-refractivity contribution in [1.29, 1.82) is 0 Å². The van der Waals surface area contributed by atoms with Crippen molar-refractivity contribution in [3.63, 3.8) is 0 Å². The zero-order valence-electron chi connectivity index (χ0n) is 19.6. The lowest BCUT2D eigenvalue weighted by Crippen LogP contribution is -2.72. The average molecular weight is 497 g/mol. The fourth-order valence-electron chi connectivity index (χ4n) is 4.23. The van der Waals surface area contributed by atoms with E-state index in [0.29, 0.717) is 11.3 Å². The van der Waals surface area contributed by atoms with Crippen LogP contribution in [-0.2, 0) is 9.59 Å². The average Bonchev–Trinajstić information content (AvgIpc) is 2.85. The molecule has 0 saturated carbocycles. The van der Waals surface area contributed by atoms with Crippen molar-refractivity contribution in [1.82, 2.24) is 20.4 Å². The van der Waals surface area contributed by atoms with Gasteiger partial charge in [-0.15, -0.1) is 11.8 Å². The molecule has 0 spiro atoms. The molecule has 0 aromatic heterocycles. The highest BCUT2D eigenvalue weighted by Crippen LogP contribution is 2.34. The minimum absolute atomic E-state index is 0.0771. The number of aryl methyl sites for hydroxylation is 1. The normalized spacial score (nSPS) is 24.2. The number of amides is 5. The third kappa shape index (κ3) is 5.16. The van der Waals surface area contributed by atoms with Gasteiger partial charge in [-0.1, -0.05) is 29.8 Å². The van der Waals surface area contributed by atoms with Crippen LogP contribution in [0.4, 0.5) is 10.5 Å². The Bertz CT molecular complexity index is 1140. The van der Waals surface area contributed by atoms with Crippen LogP contribution < -0.4 is 21.7 Å². The zero-order chi connectivity index (χ0) is 25.3. The van der Waals surface area contributed by atoms with Gasteiger partial charge in [0.15, 0.2) is 0 Å². The van der Waals surface area contributed by atoms with E-state index in [0.717, 1.165) is 16.0 Å². The summed E-state index contributed by atoms with van der Waals surface area (Å²) in [6, 6.07) is 13.9. The molecule has 2 saturated heterocycles. The van der Waals surface area contributed by atoms with Crippen LogP contribution >= 0.6 is 11.8 Å². The van der Waals surface area contributed by atoms with E-state index < -0.39 is 23.4 Å². The molecular weight excluding hydrogens is 468 g/mol. The number of benzene rings is 2. The van der Waals surface area contributed by atoms with Gasteiger partial charge in [-0.25, -0.2) is 4.79 Å². The predicted octanol–water partition coefficient (Wildman–Crippen LogP) is 1.45. The molecule has 4 atom stereocenters. The molecule has 2 aromatic carbocycles. The highest BCUT2D eigenvalue weighted by molar-refractivity contribution is 8.00. The number of anilines is 1. The highest BCUT2D eigenvalue weighted by atomic mass is 32.2. The standard InChI is InChI=1S/C24H28N6O4S/c1-13-4-6-15(7-5-13)20-27-21-18(23(33)30(3)24(34)29(21)2)22(28-20)35-12-17(31)26-16-10-8-14(9-11-16)19(25)32/h4-11,18,20-22,27-28H,12H2,1-3H3,(H2,25,32)(H,26,31). The van der Waals surface area contributed by atoms with Gasteiger partial charge in [-0.05, 0) is 36.8 Å². The molecule has 35 heavy (non-hydrogen) atoms. The molecule has 0 aliphatic carbocycles. The van der Waals surface area contributed by atoms with Crippen molar-refractivity contribution in [3.05, 3.63) is 65.2 Å². The number of fused-ring (bicyclic) bond motifs is 1. The molecule has 5 amide bonds.